The average molecular weight is 499 g/mol. The van der Waals surface area contributed by atoms with Gasteiger partial charge in [-0.25, -0.2) is 4.98 Å². The summed E-state index contributed by atoms with van der Waals surface area (Å²) in [4.78, 5) is 19.3. The van der Waals surface area contributed by atoms with Crippen LogP contribution in [-0.2, 0) is 23.0 Å². The number of pyridine rings is 1. The van der Waals surface area contributed by atoms with Gasteiger partial charge in [-0.3, -0.25) is 9.52 Å². The number of rotatable bonds is 4. The number of hydrogen-bond acceptors (Lipinski definition) is 6. The van der Waals surface area contributed by atoms with Crippen molar-refractivity contribution in [3.8, 4) is 0 Å². The first-order chi connectivity index (χ1) is 15.9. The van der Waals surface area contributed by atoms with E-state index in [-0.39, 0.29) is 22.2 Å². The predicted octanol–water partition coefficient (Wildman–Crippen LogP) is 4.73. The number of sulfonamides is 1. The van der Waals surface area contributed by atoms with Gasteiger partial charge in [-0.1, -0.05) is 35.9 Å². The Balaban J connectivity index is 1.50. The van der Waals surface area contributed by atoms with Gasteiger partial charge in [-0.2, -0.15) is 12.8 Å². The van der Waals surface area contributed by atoms with Crippen LogP contribution in [0.1, 0.15) is 27.9 Å². The van der Waals surface area contributed by atoms with Crippen LogP contribution in [0, 0.1) is 0 Å². The third-order valence-corrected chi connectivity index (χ3v) is 7.92. The van der Waals surface area contributed by atoms with Crippen LogP contribution in [0.15, 0.2) is 66.0 Å². The summed E-state index contributed by atoms with van der Waals surface area (Å²) in [5.74, 6) is -0.260. The lowest BCUT2D eigenvalue weighted by atomic mass is 10.0. The summed E-state index contributed by atoms with van der Waals surface area (Å²) in [6.45, 7) is 1.04. The van der Waals surface area contributed by atoms with Crippen LogP contribution in [0.25, 0.3) is 10.1 Å². The molecule has 2 aromatic carbocycles. The Morgan fingerprint density at radius 1 is 1.12 bits per heavy atom. The van der Waals surface area contributed by atoms with Gasteiger partial charge in [0.25, 0.3) is 15.9 Å². The van der Waals surface area contributed by atoms with Gasteiger partial charge >= 0.3 is 0 Å². The molecule has 168 valence electrons. The lowest BCUT2D eigenvalue weighted by molar-refractivity contribution is 0.0747. The smallest absolute Gasteiger partial charge is 0.280 e. The topological polar surface area (TPSA) is 92.3 Å². The number of amides is 1. The molecule has 2 aromatic heterocycles. The van der Waals surface area contributed by atoms with Crippen LogP contribution >= 0.6 is 23.1 Å². The largest absolute Gasteiger partial charge is 0.334 e. The number of fused-ring (bicyclic) bond motifs is 2. The Labute approximate surface area is 200 Å². The zero-order chi connectivity index (χ0) is 23.0. The zero-order valence-corrected chi connectivity index (χ0v) is 19.8. The van der Waals surface area contributed by atoms with Crippen LogP contribution in [0.5, 0.6) is 0 Å². The zero-order valence-electron chi connectivity index (χ0n) is 17.4. The molecule has 10 heteroatoms. The molecule has 0 bridgehead atoms. The van der Waals surface area contributed by atoms with E-state index in [1.165, 1.54) is 35.6 Å². The molecule has 1 N–H and O–H groups in total. The fourth-order valence-corrected chi connectivity index (χ4v) is 6.10. The van der Waals surface area contributed by atoms with Gasteiger partial charge in [0.15, 0.2) is 5.03 Å². The van der Waals surface area contributed by atoms with Crippen molar-refractivity contribution in [1.82, 2.24) is 14.3 Å². The van der Waals surface area contributed by atoms with Gasteiger partial charge in [-0.15, -0.1) is 0 Å². The molecule has 0 atom stereocenters. The Morgan fingerprint density at radius 3 is 2.79 bits per heavy atom. The number of carbonyl (C=O) groups excluding carboxylic acids is 1. The van der Waals surface area contributed by atoms with E-state index in [1.54, 1.807) is 23.1 Å². The van der Waals surface area contributed by atoms with Crippen LogP contribution in [-0.4, -0.2) is 35.1 Å². The van der Waals surface area contributed by atoms with Gasteiger partial charge in [0, 0.05) is 24.3 Å². The minimum atomic E-state index is -4.09. The lowest BCUT2D eigenvalue weighted by Crippen LogP contribution is -2.31. The monoisotopic (exact) mass is 498 g/mol. The van der Waals surface area contributed by atoms with E-state index >= 15 is 0 Å². The van der Waals surface area contributed by atoms with Crippen molar-refractivity contribution in [1.29, 1.82) is 0 Å². The summed E-state index contributed by atoms with van der Waals surface area (Å²) >= 11 is 7.35. The van der Waals surface area contributed by atoms with Gasteiger partial charge in [0.1, 0.15) is 0 Å². The van der Waals surface area contributed by atoms with Gasteiger partial charge in [0.2, 0.25) is 0 Å². The van der Waals surface area contributed by atoms with E-state index in [0.29, 0.717) is 28.2 Å². The van der Waals surface area contributed by atoms with E-state index in [0.717, 1.165) is 18.4 Å². The van der Waals surface area contributed by atoms with Crippen LogP contribution < -0.4 is 4.72 Å². The Kier molecular flexibility index (Phi) is 5.77. The molecular weight excluding hydrogens is 480 g/mol. The number of carbonyl (C=O) groups is 1. The van der Waals surface area contributed by atoms with Gasteiger partial charge < -0.3 is 4.90 Å². The molecule has 0 saturated carbocycles. The highest BCUT2D eigenvalue weighted by molar-refractivity contribution is 7.92. The van der Waals surface area contributed by atoms with E-state index in [2.05, 4.69) is 20.1 Å². The second-order valence-electron chi connectivity index (χ2n) is 7.75. The first-order valence-corrected chi connectivity index (χ1v) is 12.9. The minimum Gasteiger partial charge on any atom is -0.334 e. The molecule has 0 saturated heterocycles. The quantitative estimate of drug-likeness (QED) is 0.439. The molecule has 4 aromatic rings. The van der Waals surface area contributed by atoms with Crippen LogP contribution in [0.2, 0.25) is 5.02 Å². The molecule has 3 heterocycles. The highest BCUT2D eigenvalue weighted by Gasteiger charge is 2.26. The number of benzene rings is 2. The lowest BCUT2D eigenvalue weighted by Gasteiger charge is -2.23. The molecule has 0 unspecified atom stereocenters. The maximum absolute atomic E-state index is 13.5. The second kappa shape index (κ2) is 8.74. The van der Waals surface area contributed by atoms with Crippen molar-refractivity contribution in [2.45, 2.75) is 24.4 Å². The van der Waals surface area contributed by atoms with Crippen molar-refractivity contribution < 1.29 is 13.2 Å². The maximum Gasteiger partial charge on any atom is 0.280 e. The summed E-state index contributed by atoms with van der Waals surface area (Å²) in [5, 5.41) is 0.596. The van der Waals surface area contributed by atoms with Crippen molar-refractivity contribution in [3.63, 3.8) is 0 Å². The standard InChI is InChI=1S/C23H19ClN4O3S2/c24-17-7-8-18(23(29)28-11-3-6-15-4-1-2-5-16(15)14-28)20(12-17)27-33(30,31)22-19-13-26-32-21(19)9-10-25-22/h1-2,4-5,7-10,12-13,27H,3,6,11,14H2. The Hall–Kier alpha value is -3.01. The van der Waals surface area contributed by atoms with E-state index < -0.39 is 10.0 Å². The molecule has 0 spiro atoms. The van der Waals surface area contributed by atoms with Crippen molar-refractivity contribution >= 4 is 54.8 Å². The number of anilines is 1. The van der Waals surface area contributed by atoms with E-state index in [9.17, 15) is 13.2 Å². The molecule has 0 radical (unpaired) electrons. The molecule has 1 aliphatic heterocycles. The summed E-state index contributed by atoms with van der Waals surface area (Å²) in [6, 6.07) is 14.4. The third-order valence-electron chi connectivity index (χ3n) is 5.60. The molecular formula is C23H19ClN4O3S2. The molecule has 33 heavy (non-hydrogen) atoms. The van der Waals surface area contributed by atoms with Crippen LogP contribution in [0.4, 0.5) is 5.69 Å². The van der Waals surface area contributed by atoms with Crippen molar-refractivity contribution in [2.75, 3.05) is 11.3 Å². The summed E-state index contributed by atoms with van der Waals surface area (Å²) in [5.41, 5.74) is 2.68. The molecule has 1 amide bonds. The maximum atomic E-state index is 13.5. The predicted molar refractivity (Wildman–Crippen MR) is 129 cm³/mol. The highest BCUT2D eigenvalue weighted by Crippen LogP contribution is 2.29. The Morgan fingerprint density at radius 2 is 1.94 bits per heavy atom. The summed E-state index contributed by atoms with van der Waals surface area (Å²) in [6.07, 6.45) is 4.62. The normalized spacial score (nSPS) is 14.0. The number of aromatic nitrogens is 2. The molecule has 7 nitrogen and oxygen atoms in total. The van der Waals surface area contributed by atoms with E-state index in [1.807, 2.05) is 18.2 Å². The van der Waals surface area contributed by atoms with Crippen molar-refractivity contribution in [3.05, 3.63) is 82.6 Å². The Bertz CT molecular complexity index is 1470. The number of nitrogens with one attached hydrogen (secondary N) is 1. The molecule has 0 fully saturated rings. The molecule has 1 aliphatic rings. The van der Waals surface area contributed by atoms with Gasteiger partial charge in [-0.05, 0) is 59.8 Å². The number of hydrogen-bond donors (Lipinski definition) is 1. The van der Waals surface area contributed by atoms with Crippen LogP contribution in [0.3, 0.4) is 0 Å². The van der Waals surface area contributed by atoms with Gasteiger partial charge in [0.05, 0.1) is 27.5 Å². The average Bonchev–Trinajstić information content (AvgIpc) is 3.17. The third kappa shape index (κ3) is 4.31. The van der Waals surface area contributed by atoms with Crippen molar-refractivity contribution in [2.24, 2.45) is 0 Å². The number of halogens is 1. The first-order valence-electron chi connectivity index (χ1n) is 10.3. The minimum absolute atomic E-state index is 0.118. The molecule has 5 rings (SSSR count). The summed E-state index contributed by atoms with van der Waals surface area (Å²) in [7, 11) is -4.09. The van der Waals surface area contributed by atoms with E-state index in [4.69, 9.17) is 11.6 Å². The SMILES string of the molecule is O=C(c1ccc(Cl)cc1NS(=O)(=O)c1nccc2sncc12)N1CCCc2ccccc2C1. The fraction of sp³-hybridized carbons (Fsp3) is 0.174. The highest BCUT2D eigenvalue weighted by atomic mass is 35.5. The second-order valence-corrected chi connectivity index (χ2v) is 10.6. The molecule has 0 aliphatic carbocycles. The summed E-state index contributed by atoms with van der Waals surface area (Å²) < 4.78 is 33.8. The first kappa shape index (κ1) is 21.8. The number of nitrogens with zero attached hydrogens (tertiary/aromatic N) is 3. The fourth-order valence-electron chi connectivity index (χ4n) is 4.01. The number of aryl methyl sites for hydroxylation is 1.